The van der Waals surface area contributed by atoms with E-state index in [0.29, 0.717) is 57.9 Å². The van der Waals surface area contributed by atoms with Crippen molar-refractivity contribution in [2.75, 3.05) is 26.2 Å². The van der Waals surface area contributed by atoms with Crippen molar-refractivity contribution in [1.29, 1.82) is 5.26 Å². The SMILES string of the molecule is N#CC1CCN(C(=O)C2CCN(C(=O)c3ccc(F)cc3F)CC2)CC1. The summed E-state index contributed by atoms with van der Waals surface area (Å²) in [7, 11) is 0. The van der Waals surface area contributed by atoms with Crippen molar-refractivity contribution in [3.05, 3.63) is 35.4 Å². The number of benzene rings is 1. The number of likely N-dealkylation sites (tertiary alicyclic amines) is 2. The minimum Gasteiger partial charge on any atom is -0.342 e. The van der Waals surface area contributed by atoms with Crippen molar-refractivity contribution in [2.24, 2.45) is 11.8 Å². The molecule has 0 aromatic heterocycles. The highest BCUT2D eigenvalue weighted by molar-refractivity contribution is 5.94. The van der Waals surface area contributed by atoms with Gasteiger partial charge in [0, 0.05) is 44.1 Å². The molecule has 1 aromatic rings. The van der Waals surface area contributed by atoms with Gasteiger partial charge in [-0.15, -0.1) is 0 Å². The fourth-order valence-corrected chi connectivity index (χ4v) is 3.65. The summed E-state index contributed by atoms with van der Waals surface area (Å²) >= 11 is 0. The number of rotatable bonds is 2. The first-order valence-electron chi connectivity index (χ1n) is 8.92. The van der Waals surface area contributed by atoms with Gasteiger partial charge >= 0.3 is 0 Å². The van der Waals surface area contributed by atoms with Crippen molar-refractivity contribution >= 4 is 11.8 Å². The number of halogens is 2. The van der Waals surface area contributed by atoms with Gasteiger partial charge in [0.25, 0.3) is 5.91 Å². The Labute approximate surface area is 151 Å². The largest absolute Gasteiger partial charge is 0.342 e. The second-order valence-electron chi connectivity index (χ2n) is 6.92. The number of nitriles is 1. The van der Waals surface area contributed by atoms with Gasteiger partial charge in [0.15, 0.2) is 0 Å². The Morgan fingerprint density at radius 3 is 2.19 bits per heavy atom. The van der Waals surface area contributed by atoms with Crippen LogP contribution in [-0.2, 0) is 4.79 Å². The van der Waals surface area contributed by atoms with E-state index in [1.807, 2.05) is 4.90 Å². The Balaban J connectivity index is 1.55. The third-order valence-electron chi connectivity index (χ3n) is 5.28. The monoisotopic (exact) mass is 361 g/mol. The first kappa shape index (κ1) is 18.3. The van der Waals surface area contributed by atoms with Crippen molar-refractivity contribution in [3.63, 3.8) is 0 Å². The highest BCUT2D eigenvalue weighted by atomic mass is 19.1. The molecule has 2 fully saturated rings. The summed E-state index contributed by atoms with van der Waals surface area (Å²) < 4.78 is 26.8. The van der Waals surface area contributed by atoms with Crippen LogP contribution in [0.25, 0.3) is 0 Å². The van der Waals surface area contributed by atoms with Crippen LogP contribution in [0.15, 0.2) is 18.2 Å². The van der Waals surface area contributed by atoms with E-state index in [9.17, 15) is 18.4 Å². The molecule has 0 spiro atoms. The zero-order valence-corrected chi connectivity index (χ0v) is 14.5. The molecule has 0 saturated carbocycles. The van der Waals surface area contributed by atoms with Gasteiger partial charge in [-0.3, -0.25) is 9.59 Å². The van der Waals surface area contributed by atoms with Crippen molar-refractivity contribution in [1.82, 2.24) is 9.80 Å². The molecule has 0 unspecified atom stereocenters. The van der Waals surface area contributed by atoms with Crippen LogP contribution in [0.2, 0.25) is 0 Å². The molecule has 138 valence electrons. The molecule has 0 aliphatic carbocycles. The van der Waals surface area contributed by atoms with Crippen LogP contribution in [-0.4, -0.2) is 47.8 Å². The van der Waals surface area contributed by atoms with E-state index in [2.05, 4.69) is 6.07 Å². The average molecular weight is 361 g/mol. The minimum atomic E-state index is -0.867. The fourth-order valence-electron chi connectivity index (χ4n) is 3.65. The first-order chi connectivity index (χ1) is 12.5. The Hall–Kier alpha value is -2.49. The number of piperidine rings is 2. The van der Waals surface area contributed by atoms with E-state index in [1.54, 1.807) is 0 Å². The Morgan fingerprint density at radius 2 is 1.62 bits per heavy atom. The topological polar surface area (TPSA) is 64.4 Å². The highest BCUT2D eigenvalue weighted by Crippen LogP contribution is 2.25. The number of nitrogens with zero attached hydrogens (tertiary/aromatic N) is 3. The molecule has 3 rings (SSSR count). The summed E-state index contributed by atoms with van der Waals surface area (Å²) in [6, 6.07) is 5.17. The number of carbonyl (C=O) groups excluding carboxylic acids is 2. The maximum Gasteiger partial charge on any atom is 0.256 e. The molecule has 7 heteroatoms. The van der Waals surface area contributed by atoms with Crippen LogP contribution >= 0.6 is 0 Å². The lowest BCUT2D eigenvalue weighted by Crippen LogP contribution is -2.46. The van der Waals surface area contributed by atoms with Crippen molar-refractivity contribution in [3.8, 4) is 6.07 Å². The zero-order valence-electron chi connectivity index (χ0n) is 14.5. The second-order valence-corrected chi connectivity index (χ2v) is 6.92. The van der Waals surface area contributed by atoms with Crippen LogP contribution in [0.4, 0.5) is 8.78 Å². The highest BCUT2D eigenvalue weighted by Gasteiger charge is 2.32. The molecule has 5 nitrogen and oxygen atoms in total. The molecule has 2 aliphatic rings. The van der Waals surface area contributed by atoms with E-state index < -0.39 is 17.5 Å². The Bertz CT molecular complexity index is 731. The minimum absolute atomic E-state index is 0.0316. The van der Waals surface area contributed by atoms with Crippen molar-refractivity contribution < 1.29 is 18.4 Å². The van der Waals surface area contributed by atoms with Crippen molar-refractivity contribution in [2.45, 2.75) is 25.7 Å². The van der Waals surface area contributed by atoms with E-state index >= 15 is 0 Å². The van der Waals surface area contributed by atoms with Gasteiger partial charge in [0.2, 0.25) is 5.91 Å². The first-order valence-corrected chi connectivity index (χ1v) is 8.92. The lowest BCUT2D eigenvalue weighted by atomic mass is 9.92. The standard InChI is InChI=1S/C19H21F2N3O2/c20-15-1-2-16(17(21)11-15)19(26)24-9-5-14(6-10-24)18(25)23-7-3-13(12-22)4-8-23/h1-2,11,13-14H,3-10H2. The molecule has 0 radical (unpaired) electrons. The second kappa shape index (κ2) is 7.81. The maximum absolute atomic E-state index is 13.8. The third kappa shape index (κ3) is 3.85. The van der Waals surface area contributed by atoms with Gasteiger partial charge in [-0.1, -0.05) is 0 Å². The molecule has 0 bridgehead atoms. The predicted octanol–water partition coefficient (Wildman–Crippen LogP) is 2.58. The molecule has 0 atom stereocenters. The van der Waals surface area contributed by atoms with Crippen LogP contribution in [0, 0.1) is 34.8 Å². The molecule has 2 heterocycles. The number of hydrogen-bond donors (Lipinski definition) is 0. The predicted molar refractivity (Wildman–Crippen MR) is 89.9 cm³/mol. The number of hydrogen-bond acceptors (Lipinski definition) is 3. The maximum atomic E-state index is 13.8. The quantitative estimate of drug-likeness (QED) is 0.813. The Kier molecular flexibility index (Phi) is 5.50. The van der Waals surface area contributed by atoms with E-state index in [4.69, 9.17) is 5.26 Å². The van der Waals surface area contributed by atoms with Crippen LogP contribution < -0.4 is 0 Å². The summed E-state index contributed by atoms with van der Waals surface area (Å²) in [5, 5.41) is 8.94. The molecular weight excluding hydrogens is 340 g/mol. The molecular formula is C19H21F2N3O2. The molecule has 2 aliphatic heterocycles. The molecule has 0 N–H and O–H groups in total. The summed E-state index contributed by atoms with van der Waals surface area (Å²) in [4.78, 5) is 28.4. The van der Waals surface area contributed by atoms with Crippen LogP contribution in [0.3, 0.4) is 0 Å². The molecule has 2 amide bonds. The lowest BCUT2D eigenvalue weighted by molar-refractivity contribution is -0.138. The zero-order chi connectivity index (χ0) is 18.7. The van der Waals surface area contributed by atoms with Gasteiger partial charge in [0.05, 0.1) is 11.6 Å². The number of amides is 2. The van der Waals surface area contributed by atoms with Gasteiger partial charge in [0.1, 0.15) is 11.6 Å². The lowest BCUT2D eigenvalue weighted by Gasteiger charge is -2.36. The molecule has 26 heavy (non-hydrogen) atoms. The van der Waals surface area contributed by atoms with E-state index in [0.717, 1.165) is 12.1 Å². The van der Waals surface area contributed by atoms with Gasteiger partial charge in [-0.2, -0.15) is 5.26 Å². The smallest absolute Gasteiger partial charge is 0.256 e. The van der Waals surface area contributed by atoms with Gasteiger partial charge in [-0.25, -0.2) is 8.78 Å². The normalized spacial score (nSPS) is 19.3. The molecule has 1 aromatic carbocycles. The van der Waals surface area contributed by atoms with Crippen LogP contribution in [0.5, 0.6) is 0 Å². The Morgan fingerprint density at radius 1 is 1.00 bits per heavy atom. The summed E-state index contributed by atoms with van der Waals surface area (Å²) in [5.74, 6) is -2.08. The fraction of sp³-hybridized carbons (Fsp3) is 0.526. The van der Waals surface area contributed by atoms with Crippen LogP contribution in [0.1, 0.15) is 36.0 Å². The molecule has 2 saturated heterocycles. The third-order valence-corrected chi connectivity index (χ3v) is 5.28. The van der Waals surface area contributed by atoms with Gasteiger partial charge < -0.3 is 9.80 Å². The average Bonchev–Trinajstić information content (AvgIpc) is 2.67. The summed E-state index contributed by atoms with van der Waals surface area (Å²) in [6.45, 7) is 1.97. The summed E-state index contributed by atoms with van der Waals surface area (Å²) in [6.07, 6.45) is 2.49. The van der Waals surface area contributed by atoms with Gasteiger partial charge in [-0.05, 0) is 37.8 Å². The van der Waals surface area contributed by atoms with E-state index in [1.165, 1.54) is 4.90 Å². The summed E-state index contributed by atoms with van der Waals surface area (Å²) in [5.41, 5.74) is -0.144. The number of carbonyl (C=O) groups is 2. The van der Waals surface area contributed by atoms with E-state index in [-0.39, 0.29) is 23.3 Å².